The number of halogens is 2. The van der Waals surface area contributed by atoms with Gasteiger partial charge in [0.15, 0.2) is 5.11 Å². The van der Waals surface area contributed by atoms with Gasteiger partial charge in [-0.3, -0.25) is 10.1 Å². The van der Waals surface area contributed by atoms with Crippen LogP contribution in [-0.4, -0.2) is 11.0 Å². The zero-order valence-electron chi connectivity index (χ0n) is 11.3. The zero-order chi connectivity index (χ0) is 15.9. The fourth-order valence-electron chi connectivity index (χ4n) is 1.62. The molecule has 2 N–H and O–H groups in total. The number of hydrogen-bond donors (Lipinski definition) is 2. The van der Waals surface area contributed by atoms with Crippen LogP contribution in [0.1, 0.15) is 5.56 Å². The Hall–Kier alpha value is -2.60. The Labute approximate surface area is 131 Å². The molecule has 0 fully saturated rings. The largest absolute Gasteiger partial charge is 0.330 e. The van der Waals surface area contributed by atoms with Crippen LogP contribution in [0.15, 0.2) is 54.6 Å². The summed E-state index contributed by atoms with van der Waals surface area (Å²) in [6.45, 7) is 0. The summed E-state index contributed by atoms with van der Waals surface area (Å²) in [5, 5.41) is 4.96. The molecule has 6 heteroatoms. The predicted octanol–water partition coefficient (Wildman–Crippen LogP) is 3.49. The minimum atomic E-state index is -0.474. The third kappa shape index (κ3) is 4.75. The molecule has 22 heavy (non-hydrogen) atoms. The first-order valence-electron chi connectivity index (χ1n) is 6.35. The Morgan fingerprint density at radius 3 is 2.41 bits per heavy atom. The number of carbonyl (C=O) groups is 1. The third-order valence-corrected chi connectivity index (χ3v) is 2.86. The van der Waals surface area contributed by atoms with E-state index in [0.29, 0.717) is 5.56 Å². The van der Waals surface area contributed by atoms with E-state index in [2.05, 4.69) is 10.6 Å². The van der Waals surface area contributed by atoms with Gasteiger partial charge in [0.05, 0.1) is 5.69 Å². The van der Waals surface area contributed by atoms with E-state index in [1.54, 1.807) is 12.1 Å². The maximum absolute atomic E-state index is 13.4. The SMILES string of the molecule is O=C(/C=C/c1ccc(F)cc1)NC(=S)Nc1ccccc1F. The third-order valence-electron chi connectivity index (χ3n) is 2.66. The van der Waals surface area contributed by atoms with Crippen molar-refractivity contribution in [2.45, 2.75) is 0 Å². The van der Waals surface area contributed by atoms with Crippen molar-refractivity contribution in [2.75, 3.05) is 5.32 Å². The molecule has 0 bridgehead atoms. The molecule has 0 radical (unpaired) electrons. The van der Waals surface area contributed by atoms with Crippen LogP contribution in [0.25, 0.3) is 6.08 Å². The quantitative estimate of drug-likeness (QED) is 0.672. The fourth-order valence-corrected chi connectivity index (χ4v) is 1.83. The van der Waals surface area contributed by atoms with Gasteiger partial charge in [0.1, 0.15) is 11.6 Å². The van der Waals surface area contributed by atoms with Gasteiger partial charge in [0.2, 0.25) is 5.91 Å². The standard InChI is InChI=1S/C16H12F2N2OS/c17-12-8-5-11(6-9-12)7-10-15(21)20-16(22)19-14-4-2-1-3-13(14)18/h1-10H,(H2,19,20,21,22)/b10-7+. The van der Waals surface area contributed by atoms with E-state index in [1.165, 1.54) is 48.6 Å². The first-order valence-corrected chi connectivity index (χ1v) is 6.75. The molecule has 0 unspecified atom stereocenters. The lowest BCUT2D eigenvalue weighted by atomic mass is 10.2. The molecule has 2 rings (SSSR count). The number of benzene rings is 2. The van der Waals surface area contributed by atoms with Crippen molar-refractivity contribution in [2.24, 2.45) is 0 Å². The molecule has 0 aliphatic carbocycles. The highest BCUT2D eigenvalue weighted by Crippen LogP contribution is 2.11. The van der Waals surface area contributed by atoms with Crippen molar-refractivity contribution < 1.29 is 13.6 Å². The second-order valence-corrected chi connectivity index (χ2v) is 4.72. The Morgan fingerprint density at radius 2 is 1.73 bits per heavy atom. The number of anilines is 1. The molecule has 3 nitrogen and oxygen atoms in total. The summed E-state index contributed by atoms with van der Waals surface area (Å²) >= 11 is 4.93. The molecule has 2 aromatic carbocycles. The van der Waals surface area contributed by atoms with Gasteiger partial charge in [-0.2, -0.15) is 0 Å². The van der Waals surface area contributed by atoms with Crippen molar-refractivity contribution in [3.05, 3.63) is 71.8 Å². The van der Waals surface area contributed by atoms with Crippen LogP contribution in [0.2, 0.25) is 0 Å². The van der Waals surface area contributed by atoms with Gasteiger partial charge < -0.3 is 5.32 Å². The van der Waals surface area contributed by atoms with E-state index in [4.69, 9.17) is 12.2 Å². The van der Waals surface area contributed by atoms with E-state index in [1.807, 2.05) is 0 Å². The second-order valence-electron chi connectivity index (χ2n) is 4.31. The van der Waals surface area contributed by atoms with E-state index < -0.39 is 11.7 Å². The molecule has 0 saturated carbocycles. The highest BCUT2D eigenvalue weighted by Gasteiger charge is 2.04. The summed E-state index contributed by atoms with van der Waals surface area (Å²) in [5.74, 6) is -1.30. The predicted molar refractivity (Wildman–Crippen MR) is 86.2 cm³/mol. The van der Waals surface area contributed by atoms with E-state index in [9.17, 15) is 13.6 Å². The fraction of sp³-hybridized carbons (Fsp3) is 0. The number of amides is 1. The minimum absolute atomic E-state index is 0.0149. The summed E-state index contributed by atoms with van der Waals surface area (Å²) in [4.78, 5) is 11.7. The molecular formula is C16H12F2N2OS. The normalized spacial score (nSPS) is 10.5. The molecule has 0 spiro atoms. The number of nitrogens with one attached hydrogen (secondary N) is 2. The maximum atomic E-state index is 13.4. The average Bonchev–Trinajstić information content (AvgIpc) is 2.49. The van der Waals surface area contributed by atoms with Crippen molar-refractivity contribution >= 4 is 35.0 Å². The van der Waals surface area contributed by atoms with Crippen LogP contribution in [0.4, 0.5) is 14.5 Å². The Balaban J connectivity index is 1.90. The molecular weight excluding hydrogens is 306 g/mol. The molecule has 0 atom stereocenters. The van der Waals surface area contributed by atoms with Gasteiger partial charge in [0, 0.05) is 6.08 Å². The van der Waals surface area contributed by atoms with Gasteiger partial charge in [-0.05, 0) is 48.1 Å². The van der Waals surface area contributed by atoms with Gasteiger partial charge >= 0.3 is 0 Å². The van der Waals surface area contributed by atoms with Gasteiger partial charge in [-0.15, -0.1) is 0 Å². The average molecular weight is 318 g/mol. The Morgan fingerprint density at radius 1 is 1.05 bits per heavy atom. The van der Waals surface area contributed by atoms with Crippen LogP contribution < -0.4 is 10.6 Å². The van der Waals surface area contributed by atoms with Crippen LogP contribution in [-0.2, 0) is 4.79 Å². The van der Waals surface area contributed by atoms with E-state index in [0.717, 1.165) is 0 Å². The summed E-state index contributed by atoms with van der Waals surface area (Å²) in [5.41, 5.74) is 0.847. The van der Waals surface area contributed by atoms with Gasteiger partial charge in [-0.1, -0.05) is 24.3 Å². The number of thiocarbonyl (C=S) groups is 1. The first kappa shape index (κ1) is 15.8. The highest BCUT2D eigenvalue weighted by molar-refractivity contribution is 7.80. The summed E-state index contributed by atoms with van der Waals surface area (Å²) in [6.07, 6.45) is 2.77. The summed E-state index contributed by atoms with van der Waals surface area (Å²) in [6, 6.07) is 11.6. The number of rotatable bonds is 3. The minimum Gasteiger partial charge on any atom is -0.330 e. The molecule has 2 aromatic rings. The van der Waals surface area contributed by atoms with Gasteiger partial charge in [-0.25, -0.2) is 8.78 Å². The van der Waals surface area contributed by atoms with E-state index in [-0.39, 0.29) is 16.6 Å². The topological polar surface area (TPSA) is 41.1 Å². The van der Waals surface area contributed by atoms with Crippen LogP contribution in [0.3, 0.4) is 0 Å². The Kier molecular flexibility index (Phi) is 5.32. The molecule has 0 saturated heterocycles. The van der Waals surface area contributed by atoms with Crippen molar-refractivity contribution in [1.29, 1.82) is 0 Å². The van der Waals surface area contributed by atoms with Gasteiger partial charge in [0.25, 0.3) is 0 Å². The molecule has 0 aromatic heterocycles. The lowest BCUT2D eigenvalue weighted by molar-refractivity contribution is -0.115. The van der Waals surface area contributed by atoms with E-state index >= 15 is 0 Å². The Bertz CT molecular complexity index is 714. The monoisotopic (exact) mass is 318 g/mol. The number of hydrogen-bond acceptors (Lipinski definition) is 2. The number of carbonyl (C=O) groups excluding carboxylic acids is 1. The highest BCUT2D eigenvalue weighted by atomic mass is 32.1. The second kappa shape index (κ2) is 7.42. The van der Waals surface area contributed by atoms with Crippen molar-refractivity contribution in [1.82, 2.24) is 5.32 Å². The molecule has 112 valence electrons. The molecule has 0 aliphatic rings. The first-order chi connectivity index (χ1) is 10.5. The molecule has 0 aliphatic heterocycles. The summed E-state index contributed by atoms with van der Waals surface area (Å²) in [7, 11) is 0. The zero-order valence-corrected chi connectivity index (χ0v) is 12.2. The molecule has 1 amide bonds. The maximum Gasteiger partial charge on any atom is 0.250 e. The smallest absolute Gasteiger partial charge is 0.250 e. The van der Waals surface area contributed by atoms with Crippen LogP contribution >= 0.6 is 12.2 Å². The van der Waals surface area contributed by atoms with Crippen molar-refractivity contribution in [3.63, 3.8) is 0 Å². The van der Waals surface area contributed by atoms with Crippen LogP contribution in [0.5, 0.6) is 0 Å². The number of para-hydroxylation sites is 1. The lowest BCUT2D eigenvalue weighted by Crippen LogP contribution is -2.33. The van der Waals surface area contributed by atoms with Crippen LogP contribution in [0, 0.1) is 11.6 Å². The molecule has 0 heterocycles. The lowest BCUT2D eigenvalue weighted by Gasteiger charge is -2.08. The summed E-state index contributed by atoms with van der Waals surface area (Å²) < 4.78 is 26.1. The van der Waals surface area contributed by atoms with Crippen molar-refractivity contribution in [3.8, 4) is 0 Å².